The number of anilines is 2. The Morgan fingerprint density at radius 2 is 1.75 bits per heavy atom. The summed E-state index contributed by atoms with van der Waals surface area (Å²) in [5, 5.41) is 2.65. The number of rotatable bonds is 2. The van der Waals surface area contributed by atoms with Gasteiger partial charge in [-0.25, -0.2) is 0 Å². The third kappa shape index (κ3) is 2.25. The van der Waals surface area contributed by atoms with E-state index in [0.29, 0.717) is 0 Å². The van der Waals surface area contributed by atoms with Crippen LogP contribution >= 0.6 is 0 Å². The standard InChI is InChI=1S/C8H11N3O/c1-6(12)10-7-2-4-8(11-9)5-3-7/h2-5,11H,9H2,1H3,(H,10,12). The zero-order valence-corrected chi connectivity index (χ0v) is 6.79. The lowest BCUT2D eigenvalue weighted by atomic mass is 10.3. The van der Waals surface area contributed by atoms with E-state index in [2.05, 4.69) is 10.7 Å². The molecule has 1 rings (SSSR count). The molecule has 0 radical (unpaired) electrons. The van der Waals surface area contributed by atoms with Crippen molar-refractivity contribution in [3.05, 3.63) is 24.3 Å². The number of nitrogens with two attached hydrogens (primary N) is 1. The van der Waals surface area contributed by atoms with Gasteiger partial charge in [-0.05, 0) is 24.3 Å². The second-order valence-corrected chi connectivity index (χ2v) is 2.40. The van der Waals surface area contributed by atoms with Crippen LogP contribution < -0.4 is 16.6 Å². The molecule has 0 aliphatic heterocycles. The highest BCUT2D eigenvalue weighted by molar-refractivity contribution is 5.88. The van der Waals surface area contributed by atoms with Crippen molar-refractivity contribution in [2.45, 2.75) is 6.92 Å². The maximum Gasteiger partial charge on any atom is 0.221 e. The van der Waals surface area contributed by atoms with E-state index in [4.69, 9.17) is 5.84 Å². The fourth-order valence-electron chi connectivity index (χ4n) is 0.853. The van der Waals surface area contributed by atoms with Crippen molar-refractivity contribution in [2.24, 2.45) is 5.84 Å². The fraction of sp³-hybridized carbons (Fsp3) is 0.125. The number of hydrazine groups is 1. The Hall–Kier alpha value is -1.55. The topological polar surface area (TPSA) is 67.2 Å². The minimum atomic E-state index is -0.0801. The lowest BCUT2D eigenvalue weighted by Crippen LogP contribution is -2.08. The summed E-state index contributed by atoms with van der Waals surface area (Å²) in [6.45, 7) is 1.47. The largest absolute Gasteiger partial charge is 0.326 e. The molecule has 64 valence electrons. The van der Waals surface area contributed by atoms with Crippen molar-refractivity contribution in [3.8, 4) is 0 Å². The quantitative estimate of drug-likeness (QED) is 0.451. The highest BCUT2D eigenvalue weighted by atomic mass is 16.1. The molecule has 0 atom stereocenters. The van der Waals surface area contributed by atoms with E-state index >= 15 is 0 Å². The molecule has 0 unspecified atom stereocenters. The second kappa shape index (κ2) is 3.73. The molecular weight excluding hydrogens is 154 g/mol. The van der Waals surface area contributed by atoms with Gasteiger partial charge in [-0.15, -0.1) is 0 Å². The van der Waals surface area contributed by atoms with Gasteiger partial charge in [0.25, 0.3) is 0 Å². The molecule has 1 amide bonds. The Morgan fingerprint density at radius 1 is 1.25 bits per heavy atom. The van der Waals surface area contributed by atoms with E-state index in [0.717, 1.165) is 11.4 Å². The first kappa shape index (κ1) is 8.55. The smallest absolute Gasteiger partial charge is 0.221 e. The van der Waals surface area contributed by atoms with Gasteiger partial charge in [0.2, 0.25) is 5.91 Å². The number of amides is 1. The number of nitrogens with one attached hydrogen (secondary N) is 2. The summed E-state index contributed by atoms with van der Waals surface area (Å²) in [6.07, 6.45) is 0. The summed E-state index contributed by atoms with van der Waals surface area (Å²) in [6, 6.07) is 7.11. The third-order valence-corrected chi connectivity index (χ3v) is 1.37. The van der Waals surface area contributed by atoms with E-state index < -0.39 is 0 Å². The molecule has 12 heavy (non-hydrogen) atoms. The third-order valence-electron chi connectivity index (χ3n) is 1.37. The molecule has 4 nitrogen and oxygen atoms in total. The molecule has 0 saturated heterocycles. The van der Waals surface area contributed by atoms with Crippen LogP contribution in [0.1, 0.15) is 6.92 Å². The van der Waals surface area contributed by atoms with E-state index in [1.807, 2.05) is 0 Å². The molecule has 0 fully saturated rings. The van der Waals surface area contributed by atoms with Gasteiger partial charge >= 0.3 is 0 Å². The van der Waals surface area contributed by atoms with Gasteiger partial charge in [0.05, 0.1) is 0 Å². The summed E-state index contributed by atoms with van der Waals surface area (Å²) in [4.78, 5) is 10.6. The highest BCUT2D eigenvalue weighted by Crippen LogP contribution is 2.11. The number of carbonyl (C=O) groups is 1. The van der Waals surface area contributed by atoms with Gasteiger partial charge in [0, 0.05) is 18.3 Å². The monoisotopic (exact) mass is 165 g/mol. The summed E-state index contributed by atoms with van der Waals surface area (Å²) in [5.41, 5.74) is 4.07. The van der Waals surface area contributed by atoms with Crippen molar-refractivity contribution in [3.63, 3.8) is 0 Å². The van der Waals surface area contributed by atoms with Crippen molar-refractivity contribution in [1.29, 1.82) is 0 Å². The Labute approximate surface area is 70.7 Å². The van der Waals surface area contributed by atoms with E-state index in [9.17, 15) is 4.79 Å². The predicted octanol–water partition coefficient (Wildman–Crippen LogP) is 0.931. The first-order chi connectivity index (χ1) is 5.72. The van der Waals surface area contributed by atoms with Crippen LogP contribution in [-0.4, -0.2) is 5.91 Å². The molecule has 0 heterocycles. The molecule has 0 aromatic heterocycles. The van der Waals surface area contributed by atoms with Crippen molar-refractivity contribution in [2.75, 3.05) is 10.7 Å². The molecule has 1 aromatic carbocycles. The van der Waals surface area contributed by atoms with Crippen LogP contribution in [0.2, 0.25) is 0 Å². The number of benzene rings is 1. The minimum Gasteiger partial charge on any atom is -0.326 e. The molecule has 0 bridgehead atoms. The number of hydrogen-bond donors (Lipinski definition) is 3. The zero-order chi connectivity index (χ0) is 8.97. The van der Waals surface area contributed by atoms with E-state index in [-0.39, 0.29) is 5.91 Å². The fourth-order valence-corrected chi connectivity index (χ4v) is 0.853. The van der Waals surface area contributed by atoms with Crippen molar-refractivity contribution < 1.29 is 4.79 Å². The summed E-state index contributed by atoms with van der Waals surface area (Å²) < 4.78 is 0. The molecule has 0 aliphatic rings. The van der Waals surface area contributed by atoms with E-state index in [1.165, 1.54) is 6.92 Å². The summed E-state index contributed by atoms with van der Waals surface area (Å²) in [7, 11) is 0. The summed E-state index contributed by atoms with van der Waals surface area (Å²) >= 11 is 0. The molecule has 4 N–H and O–H groups in total. The average molecular weight is 165 g/mol. The van der Waals surface area contributed by atoms with Gasteiger partial charge in [-0.2, -0.15) is 0 Å². The van der Waals surface area contributed by atoms with Gasteiger partial charge in [0.1, 0.15) is 0 Å². The lowest BCUT2D eigenvalue weighted by molar-refractivity contribution is -0.114. The van der Waals surface area contributed by atoms with Crippen LogP contribution in [0, 0.1) is 0 Å². The van der Waals surface area contributed by atoms with Gasteiger partial charge in [-0.1, -0.05) is 0 Å². The van der Waals surface area contributed by atoms with Crippen LogP contribution in [-0.2, 0) is 4.79 Å². The van der Waals surface area contributed by atoms with Crippen LogP contribution in [0.15, 0.2) is 24.3 Å². The summed E-state index contributed by atoms with van der Waals surface area (Å²) in [5.74, 6) is 5.08. The average Bonchev–Trinajstić information content (AvgIpc) is 2.05. The van der Waals surface area contributed by atoms with Crippen molar-refractivity contribution >= 4 is 17.3 Å². The Kier molecular flexibility index (Phi) is 2.66. The minimum absolute atomic E-state index is 0.0801. The molecule has 0 saturated carbocycles. The lowest BCUT2D eigenvalue weighted by Gasteiger charge is -2.02. The first-order valence-electron chi connectivity index (χ1n) is 3.56. The normalized spacial score (nSPS) is 9.17. The number of carbonyl (C=O) groups excluding carboxylic acids is 1. The van der Waals surface area contributed by atoms with Crippen LogP contribution in [0.3, 0.4) is 0 Å². The zero-order valence-electron chi connectivity index (χ0n) is 6.79. The van der Waals surface area contributed by atoms with Gasteiger partial charge < -0.3 is 10.7 Å². The Morgan fingerprint density at radius 3 is 2.17 bits per heavy atom. The molecule has 4 heteroatoms. The first-order valence-corrected chi connectivity index (χ1v) is 3.56. The highest BCUT2D eigenvalue weighted by Gasteiger charge is 1.93. The van der Waals surface area contributed by atoms with E-state index in [1.54, 1.807) is 24.3 Å². The van der Waals surface area contributed by atoms with Gasteiger partial charge in [0.15, 0.2) is 0 Å². The van der Waals surface area contributed by atoms with Crippen LogP contribution in [0.4, 0.5) is 11.4 Å². The molecule has 0 spiro atoms. The molecule has 0 aliphatic carbocycles. The van der Waals surface area contributed by atoms with Crippen LogP contribution in [0.25, 0.3) is 0 Å². The molecular formula is C8H11N3O. The maximum atomic E-state index is 10.6. The van der Waals surface area contributed by atoms with Crippen molar-refractivity contribution in [1.82, 2.24) is 0 Å². The molecule has 1 aromatic rings. The number of hydrogen-bond acceptors (Lipinski definition) is 3. The SMILES string of the molecule is CC(=O)Nc1ccc(NN)cc1. The maximum absolute atomic E-state index is 10.6. The second-order valence-electron chi connectivity index (χ2n) is 2.40. The predicted molar refractivity (Wildman–Crippen MR) is 48.6 cm³/mol. The van der Waals surface area contributed by atoms with Crippen LogP contribution in [0.5, 0.6) is 0 Å². The van der Waals surface area contributed by atoms with Gasteiger partial charge in [-0.3, -0.25) is 10.6 Å². The Balaban J connectivity index is 2.71. The number of nitrogen functional groups attached to an aromatic ring is 1. The Bertz CT molecular complexity index is 268.